The minimum absolute atomic E-state index is 0.212. The average Bonchev–Trinajstić information content (AvgIpc) is 3.53. The van der Waals surface area contributed by atoms with Gasteiger partial charge in [-0.3, -0.25) is 9.80 Å². The molecular formula is C20H18N6O5. The Kier molecular flexibility index (Phi) is 3.75. The fourth-order valence-electron chi connectivity index (χ4n) is 3.79. The topological polar surface area (TPSA) is 134 Å². The van der Waals surface area contributed by atoms with Gasteiger partial charge in [-0.1, -0.05) is 12.1 Å². The highest BCUT2D eigenvalue weighted by molar-refractivity contribution is 5.71. The standard InChI is InChI=1S/C20H18N6O5/c21-17-18(22)26(8-12-2-4-14-16(6-12)30-10-28-14)20-19(23-31-24-20)25(17)7-11-1-3-13-15(5-11)29-9-27-13/h1-6H,7-10,21-22H2. The summed E-state index contributed by atoms with van der Waals surface area (Å²) in [4.78, 5) is 3.52. The lowest BCUT2D eigenvalue weighted by Gasteiger charge is -2.34. The fourth-order valence-corrected chi connectivity index (χ4v) is 3.79. The zero-order valence-electron chi connectivity index (χ0n) is 16.3. The van der Waals surface area contributed by atoms with E-state index in [1.807, 2.05) is 36.4 Å². The molecule has 4 heterocycles. The molecule has 3 aromatic rings. The van der Waals surface area contributed by atoms with Crippen molar-refractivity contribution >= 4 is 11.6 Å². The van der Waals surface area contributed by atoms with Gasteiger partial charge in [-0.05, 0) is 45.7 Å². The van der Waals surface area contributed by atoms with Gasteiger partial charge in [0, 0.05) is 0 Å². The van der Waals surface area contributed by atoms with Crippen LogP contribution in [0.3, 0.4) is 0 Å². The van der Waals surface area contributed by atoms with Crippen molar-refractivity contribution in [2.75, 3.05) is 23.4 Å². The molecule has 0 radical (unpaired) electrons. The predicted octanol–water partition coefficient (Wildman–Crippen LogP) is 1.60. The summed E-state index contributed by atoms with van der Waals surface area (Å²) in [5, 5.41) is 8.14. The Morgan fingerprint density at radius 3 is 1.61 bits per heavy atom. The number of fused-ring (bicyclic) bond motifs is 3. The number of ether oxygens (including phenoxy) is 4. The van der Waals surface area contributed by atoms with Crippen molar-refractivity contribution in [1.29, 1.82) is 0 Å². The van der Waals surface area contributed by atoms with Crippen molar-refractivity contribution < 1.29 is 23.6 Å². The van der Waals surface area contributed by atoms with E-state index in [9.17, 15) is 0 Å². The van der Waals surface area contributed by atoms with Crippen molar-refractivity contribution in [2.24, 2.45) is 11.5 Å². The van der Waals surface area contributed by atoms with E-state index in [0.717, 1.165) is 11.1 Å². The van der Waals surface area contributed by atoms with Crippen LogP contribution in [0.25, 0.3) is 0 Å². The molecule has 0 saturated heterocycles. The maximum Gasteiger partial charge on any atom is 0.231 e. The maximum atomic E-state index is 6.42. The highest BCUT2D eigenvalue weighted by Crippen LogP contribution is 2.39. The highest BCUT2D eigenvalue weighted by Gasteiger charge is 2.33. The Bertz CT molecular complexity index is 1120. The summed E-state index contributed by atoms with van der Waals surface area (Å²) in [5.74, 6) is 4.45. The summed E-state index contributed by atoms with van der Waals surface area (Å²) in [6.45, 7) is 1.23. The first-order valence-electron chi connectivity index (χ1n) is 9.57. The van der Waals surface area contributed by atoms with E-state index in [-0.39, 0.29) is 13.6 Å². The Balaban J connectivity index is 1.31. The number of nitrogens with zero attached hydrogens (tertiary/aromatic N) is 4. The third-order valence-electron chi connectivity index (χ3n) is 5.37. The van der Waals surface area contributed by atoms with Gasteiger partial charge >= 0.3 is 0 Å². The second-order valence-electron chi connectivity index (χ2n) is 7.23. The lowest BCUT2D eigenvalue weighted by atomic mass is 10.1. The molecule has 11 heteroatoms. The summed E-state index contributed by atoms with van der Waals surface area (Å²) in [5.41, 5.74) is 14.7. The molecule has 2 aromatic carbocycles. The minimum Gasteiger partial charge on any atom is -0.454 e. The first-order chi connectivity index (χ1) is 15.2. The van der Waals surface area contributed by atoms with Crippen LogP contribution in [0.5, 0.6) is 23.0 Å². The first kappa shape index (κ1) is 17.6. The largest absolute Gasteiger partial charge is 0.454 e. The van der Waals surface area contributed by atoms with Crippen LogP contribution >= 0.6 is 0 Å². The molecule has 0 atom stereocenters. The van der Waals surface area contributed by atoms with Gasteiger partial charge in [-0.15, -0.1) is 0 Å². The Hall–Kier alpha value is -4.28. The van der Waals surface area contributed by atoms with Crippen LogP contribution < -0.4 is 40.2 Å². The van der Waals surface area contributed by atoms with E-state index >= 15 is 0 Å². The second kappa shape index (κ2) is 6.62. The van der Waals surface area contributed by atoms with Crippen LogP contribution in [0.2, 0.25) is 0 Å². The number of nitrogens with two attached hydrogens (primary N) is 2. The van der Waals surface area contributed by atoms with Crippen LogP contribution in [0.4, 0.5) is 11.6 Å². The Labute approximate surface area is 176 Å². The maximum absolute atomic E-state index is 6.42. The van der Waals surface area contributed by atoms with Gasteiger partial charge in [-0.25, -0.2) is 4.63 Å². The van der Waals surface area contributed by atoms with Crippen LogP contribution in [0.1, 0.15) is 11.1 Å². The molecule has 0 unspecified atom stereocenters. The van der Waals surface area contributed by atoms with Gasteiger partial charge in [0.25, 0.3) is 0 Å². The van der Waals surface area contributed by atoms with E-state index in [4.69, 9.17) is 35.0 Å². The number of aromatic nitrogens is 2. The van der Waals surface area contributed by atoms with Crippen LogP contribution in [-0.2, 0) is 13.1 Å². The monoisotopic (exact) mass is 422 g/mol. The Morgan fingerprint density at radius 1 is 0.677 bits per heavy atom. The van der Waals surface area contributed by atoms with E-state index in [2.05, 4.69) is 10.3 Å². The summed E-state index contributed by atoms with van der Waals surface area (Å²) in [7, 11) is 0. The fraction of sp³-hybridized carbons (Fsp3) is 0.200. The van der Waals surface area contributed by atoms with Crippen molar-refractivity contribution in [3.63, 3.8) is 0 Å². The number of hydrogen-bond donors (Lipinski definition) is 2. The lowest BCUT2D eigenvalue weighted by molar-refractivity contribution is 0.173. The summed E-state index contributed by atoms with van der Waals surface area (Å²) < 4.78 is 26.7. The van der Waals surface area contributed by atoms with Gasteiger partial charge in [-0.2, -0.15) is 0 Å². The molecule has 1 aromatic heterocycles. The van der Waals surface area contributed by atoms with Crippen molar-refractivity contribution in [2.45, 2.75) is 13.1 Å². The summed E-state index contributed by atoms with van der Waals surface area (Å²) in [6, 6.07) is 11.4. The molecule has 0 aliphatic carbocycles. The van der Waals surface area contributed by atoms with Gasteiger partial charge in [0.1, 0.15) is 11.6 Å². The van der Waals surface area contributed by atoms with E-state index in [1.54, 1.807) is 9.80 Å². The van der Waals surface area contributed by atoms with E-state index < -0.39 is 0 Å². The van der Waals surface area contributed by atoms with Gasteiger partial charge in [0.15, 0.2) is 23.0 Å². The molecule has 11 nitrogen and oxygen atoms in total. The first-order valence-corrected chi connectivity index (χ1v) is 9.57. The molecule has 0 saturated carbocycles. The average molecular weight is 422 g/mol. The molecule has 0 fully saturated rings. The van der Waals surface area contributed by atoms with Crippen LogP contribution in [0.15, 0.2) is 52.7 Å². The Morgan fingerprint density at radius 2 is 1.13 bits per heavy atom. The van der Waals surface area contributed by atoms with Gasteiger partial charge in [0.2, 0.25) is 25.2 Å². The molecule has 31 heavy (non-hydrogen) atoms. The third-order valence-corrected chi connectivity index (χ3v) is 5.37. The SMILES string of the molecule is NC1=C(N)N(Cc2ccc3c(c2)OCO3)c2nonc2N1Cc1ccc2c(c1)OCO2. The second-order valence-corrected chi connectivity index (χ2v) is 7.23. The molecule has 4 N–H and O–H groups in total. The third kappa shape index (κ3) is 2.81. The molecule has 0 amide bonds. The summed E-state index contributed by atoms with van der Waals surface area (Å²) in [6.07, 6.45) is 0. The van der Waals surface area contributed by atoms with Gasteiger partial charge < -0.3 is 30.4 Å². The minimum atomic E-state index is 0.212. The highest BCUT2D eigenvalue weighted by atomic mass is 16.7. The van der Waals surface area contributed by atoms with Crippen molar-refractivity contribution in [3.8, 4) is 23.0 Å². The molecule has 6 rings (SSSR count). The zero-order chi connectivity index (χ0) is 20.9. The lowest BCUT2D eigenvalue weighted by Crippen LogP contribution is -2.42. The number of anilines is 2. The van der Waals surface area contributed by atoms with Gasteiger partial charge in [0.05, 0.1) is 13.1 Å². The van der Waals surface area contributed by atoms with E-state index in [0.29, 0.717) is 59.4 Å². The van der Waals surface area contributed by atoms with Crippen LogP contribution in [0, 0.1) is 0 Å². The summed E-state index contributed by atoms with van der Waals surface area (Å²) >= 11 is 0. The predicted molar refractivity (Wildman–Crippen MR) is 107 cm³/mol. The quantitative estimate of drug-likeness (QED) is 0.635. The molecule has 3 aliphatic rings. The number of rotatable bonds is 4. The van der Waals surface area contributed by atoms with Crippen LogP contribution in [-0.4, -0.2) is 23.9 Å². The molecule has 3 aliphatic heterocycles. The molecule has 158 valence electrons. The molecule has 0 spiro atoms. The number of hydrogen-bond acceptors (Lipinski definition) is 11. The molecular weight excluding hydrogens is 404 g/mol. The number of benzene rings is 2. The van der Waals surface area contributed by atoms with Crippen molar-refractivity contribution in [3.05, 3.63) is 59.2 Å². The van der Waals surface area contributed by atoms with E-state index in [1.165, 1.54) is 0 Å². The molecule has 0 bridgehead atoms. The normalized spacial score (nSPS) is 16.1. The van der Waals surface area contributed by atoms with Crippen molar-refractivity contribution in [1.82, 2.24) is 10.3 Å². The smallest absolute Gasteiger partial charge is 0.231 e. The zero-order valence-corrected chi connectivity index (χ0v) is 16.3.